The Morgan fingerprint density at radius 2 is 1.51 bits per heavy atom. The van der Waals surface area contributed by atoms with E-state index in [-0.39, 0.29) is 49.5 Å². The number of aliphatic hydroxyl groups is 3. The minimum atomic E-state index is -1.63. The van der Waals surface area contributed by atoms with Crippen molar-refractivity contribution in [3.63, 3.8) is 0 Å². The Labute approximate surface area is 221 Å². The van der Waals surface area contributed by atoms with Crippen LogP contribution >= 0.6 is 0 Å². The van der Waals surface area contributed by atoms with Crippen LogP contribution in [0.2, 0.25) is 0 Å². The first-order valence-electron chi connectivity index (χ1n) is 13.7. The van der Waals surface area contributed by atoms with E-state index < -0.39 is 51.1 Å². The van der Waals surface area contributed by atoms with Crippen molar-refractivity contribution < 1.29 is 29.7 Å². The van der Waals surface area contributed by atoms with E-state index in [9.17, 15) is 29.7 Å². The lowest BCUT2D eigenvalue weighted by Gasteiger charge is -2.54. The molecule has 0 amide bonds. The van der Waals surface area contributed by atoms with Gasteiger partial charge in [-0.05, 0) is 97.8 Å². The number of rotatable bonds is 7. The van der Waals surface area contributed by atoms with Crippen LogP contribution in [-0.4, -0.2) is 43.9 Å². The SMILES string of the molecule is CC(C)=CCC1(CC=C(C)C)C(=O)C(C(=O)CC(C)C)=C(O)[C@]2(C[C@@H]3[C@H](CC[C@]3(C)O)[C@@](C)(O)C2)C1=O. The van der Waals surface area contributed by atoms with E-state index in [1.807, 2.05) is 53.7 Å². The third kappa shape index (κ3) is 5.04. The summed E-state index contributed by atoms with van der Waals surface area (Å²) in [7, 11) is 0. The van der Waals surface area contributed by atoms with Gasteiger partial charge in [0.05, 0.1) is 16.6 Å². The summed E-state index contributed by atoms with van der Waals surface area (Å²) in [4.78, 5) is 42.5. The Morgan fingerprint density at radius 1 is 0.973 bits per heavy atom. The van der Waals surface area contributed by atoms with Gasteiger partial charge in [0.2, 0.25) is 0 Å². The summed E-state index contributed by atoms with van der Waals surface area (Å²) in [5.74, 6) is -2.79. The minimum Gasteiger partial charge on any atom is -0.510 e. The molecular formula is C31H46O6. The molecule has 0 aromatic rings. The third-order valence-corrected chi connectivity index (χ3v) is 9.08. The van der Waals surface area contributed by atoms with Crippen LogP contribution in [0.15, 0.2) is 34.6 Å². The smallest absolute Gasteiger partial charge is 0.184 e. The average Bonchev–Trinajstić information content (AvgIpc) is 3.06. The molecule has 5 atom stereocenters. The third-order valence-electron chi connectivity index (χ3n) is 9.08. The van der Waals surface area contributed by atoms with Crippen LogP contribution in [0.25, 0.3) is 0 Å². The van der Waals surface area contributed by atoms with Crippen molar-refractivity contribution in [2.24, 2.45) is 28.6 Å². The molecule has 6 nitrogen and oxygen atoms in total. The summed E-state index contributed by atoms with van der Waals surface area (Å²) < 4.78 is 0. The first kappa shape index (κ1) is 29.5. The normalized spacial score (nSPS) is 35.1. The van der Waals surface area contributed by atoms with E-state index in [2.05, 4.69) is 0 Å². The highest BCUT2D eigenvalue weighted by molar-refractivity contribution is 6.31. The number of Topliss-reactive ketones (excluding diaryl/α,β-unsaturated/α-hetero) is 3. The molecule has 6 heteroatoms. The molecule has 206 valence electrons. The second kappa shape index (κ2) is 9.92. The Hall–Kier alpha value is -2.05. The van der Waals surface area contributed by atoms with Gasteiger partial charge < -0.3 is 15.3 Å². The van der Waals surface area contributed by atoms with Gasteiger partial charge in [0.15, 0.2) is 17.3 Å². The lowest BCUT2D eigenvalue weighted by molar-refractivity contribution is -0.168. The molecule has 0 radical (unpaired) electrons. The number of ketones is 3. The average molecular weight is 515 g/mol. The molecule has 3 aliphatic carbocycles. The number of hydrogen-bond donors (Lipinski definition) is 3. The van der Waals surface area contributed by atoms with Crippen LogP contribution in [-0.2, 0) is 14.4 Å². The highest BCUT2D eigenvalue weighted by atomic mass is 16.3. The highest BCUT2D eigenvalue weighted by Gasteiger charge is 2.68. The molecule has 0 bridgehead atoms. The maximum absolute atomic E-state index is 14.8. The molecule has 0 aromatic heterocycles. The van der Waals surface area contributed by atoms with E-state index in [1.165, 1.54) is 0 Å². The zero-order valence-electron chi connectivity index (χ0n) is 23.9. The molecule has 0 heterocycles. The standard InChI is InChI=1S/C31H46O6/c1-18(2)9-13-30(14-10-19(3)4)25(33)24(23(32)15-20(5)6)26(34)31(27(30)35)16-22-21(29(8,37)17-31)11-12-28(22,7)36/h9-10,20-22,34,36-37H,11-17H2,1-8H3/t21-,22+,28-,29-,31+/m0/s1. The van der Waals surface area contributed by atoms with Crippen molar-refractivity contribution in [1.29, 1.82) is 0 Å². The van der Waals surface area contributed by atoms with Gasteiger partial charge >= 0.3 is 0 Å². The number of allylic oxidation sites excluding steroid dienone is 6. The van der Waals surface area contributed by atoms with Crippen molar-refractivity contribution in [1.82, 2.24) is 0 Å². The predicted molar refractivity (Wildman–Crippen MR) is 144 cm³/mol. The zero-order chi connectivity index (χ0) is 28.1. The van der Waals surface area contributed by atoms with E-state index in [4.69, 9.17) is 0 Å². The molecule has 0 unspecified atom stereocenters. The fourth-order valence-electron chi connectivity index (χ4n) is 7.11. The van der Waals surface area contributed by atoms with Crippen molar-refractivity contribution in [2.75, 3.05) is 0 Å². The number of aliphatic hydroxyl groups excluding tert-OH is 1. The van der Waals surface area contributed by atoms with Gasteiger partial charge in [0.25, 0.3) is 0 Å². The maximum atomic E-state index is 14.8. The van der Waals surface area contributed by atoms with Crippen LogP contribution in [0.5, 0.6) is 0 Å². The molecule has 0 aliphatic heterocycles. The maximum Gasteiger partial charge on any atom is 0.184 e. The molecule has 3 aliphatic rings. The van der Waals surface area contributed by atoms with Crippen molar-refractivity contribution in [3.8, 4) is 0 Å². The first-order valence-corrected chi connectivity index (χ1v) is 13.7. The van der Waals surface area contributed by atoms with Crippen molar-refractivity contribution in [3.05, 3.63) is 34.6 Å². The molecule has 0 aromatic carbocycles. The summed E-state index contributed by atoms with van der Waals surface area (Å²) in [5.41, 5.74) is -4.10. The van der Waals surface area contributed by atoms with E-state index in [1.54, 1.807) is 13.8 Å². The monoisotopic (exact) mass is 514 g/mol. The molecule has 2 saturated carbocycles. The van der Waals surface area contributed by atoms with E-state index in [0.717, 1.165) is 11.1 Å². The largest absolute Gasteiger partial charge is 0.510 e. The Bertz CT molecular complexity index is 1040. The fourth-order valence-corrected chi connectivity index (χ4v) is 7.11. The Morgan fingerprint density at radius 3 is 2.00 bits per heavy atom. The number of carbonyl (C=O) groups is 3. The lowest BCUT2D eigenvalue weighted by atomic mass is 9.48. The number of fused-ring (bicyclic) bond motifs is 1. The lowest BCUT2D eigenvalue weighted by Crippen LogP contribution is -2.62. The van der Waals surface area contributed by atoms with Gasteiger partial charge in [-0.2, -0.15) is 0 Å². The van der Waals surface area contributed by atoms with Gasteiger partial charge in [0, 0.05) is 6.42 Å². The summed E-state index contributed by atoms with van der Waals surface area (Å²) in [6, 6.07) is 0. The van der Waals surface area contributed by atoms with E-state index in [0.29, 0.717) is 12.8 Å². The van der Waals surface area contributed by atoms with Crippen LogP contribution in [0.3, 0.4) is 0 Å². The summed E-state index contributed by atoms with van der Waals surface area (Å²) in [6.07, 6.45) is 5.09. The summed E-state index contributed by atoms with van der Waals surface area (Å²) in [5, 5.41) is 34.7. The van der Waals surface area contributed by atoms with E-state index >= 15 is 0 Å². The van der Waals surface area contributed by atoms with Gasteiger partial charge in [0.1, 0.15) is 16.7 Å². The first-order chi connectivity index (χ1) is 16.9. The molecule has 1 spiro atoms. The van der Waals surface area contributed by atoms with Crippen LogP contribution in [0.4, 0.5) is 0 Å². The predicted octanol–water partition coefficient (Wildman–Crippen LogP) is 5.57. The zero-order valence-corrected chi connectivity index (χ0v) is 23.9. The highest BCUT2D eigenvalue weighted by Crippen LogP contribution is 2.63. The molecular weight excluding hydrogens is 468 g/mol. The van der Waals surface area contributed by atoms with Crippen LogP contribution in [0, 0.1) is 28.6 Å². The van der Waals surface area contributed by atoms with Gasteiger partial charge in [-0.1, -0.05) is 37.1 Å². The second-order valence-corrected chi connectivity index (χ2v) is 13.4. The molecule has 3 rings (SSSR count). The summed E-state index contributed by atoms with van der Waals surface area (Å²) >= 11 is 0. The van der Waals surface area contributed by atoms with Gasteiger partial charge in [-0.15, -0.1) is 0 Å². The Kier molecular flexibility index (Phi) is 7.91. The van der Waals surface area contributed by atoms with Crippen LogP contribution < -0.4 is 0 Å². The number of carbonyl (C=O) groups excluding carboxylic acids is 3. The second-order valence-electron chi connectivity index (χ2n) is 13.4. The quantitative estimate of drug-likeness (QED) is 0.233. The summed E-state index contributed by atoms with van der Waals surface area (Å²) in [6.45, 7) is 14.7. The fraction of sp³-hybridized carbons (Fsp3) is 0.710. The Balaban J connectivity index is 2.35. The molecule has 0 saturated heterocycles. The molecule has 2 fully saturated rings. The molecule has 3 N–H and O–H groups in total. The molecule has 37 heavy (non-hydrogen) atoms. The van der Waals surface area contributed by atoms with Gasteiger partial charge in [-0.25, -0.2) is 0 Å². The van der Waals surface area contributed by atoms with Crippen molar-refractivity contribution in [2.45, 2.75) is 112 Å². The van der Waals surface area contributed by atoms with Crippen LogP contribution in [0.1, 0.15) is 100 Å². The van der Waals surface area contributed by atoms with Gasteiger partial charge in [-0.3, -0.25) is 14.4 Å². The minimum absolute atomic E-state index is 0.0476. The number of hydrogen-bond acceptors (Lipinski definition) is 6. The topological polar surface area (TPSA) is 112 Å². The van der Waals surface area contributed by atoms with Crippen molar-refractivity contribution >= 4 is 17.3 Å².